The standard InChI is InChI=1S/3C6H8O2.Eu/c3*1-2-3-4-5-6(7)8;/h3*2-5H,1H3,(H,7,8);/q;;;+3/p-3/b3*3-2+,5-4+;. The van der Waals surface area contributed by atoms with Crippen molar-refractivity contribution in [3.63, 3.8) is 0 Å². The third-order valence-electron chi connectivity index (χ3n) is 1.61. The Balaban J connectivity index is -0.000000130. The minimum absolute atomic E-state index is 0. The quantitative estimate of drug-likeness (QED) is 0.373. The Morgan fingerprint density at radius 3 is 0.840 bits per heavy atom. The molecule has 0 bridgehead atoms. The van der Waals surface area contributed by atoms with Crippen molar-refractivity contribution in [3.8, 4) is 0 Å². The van der Waals surface area contributed by atoms with E-state index in [0.717, 1.165) is 18.2 Å². The number of carbonyl (C=O) groups excluding carboxylic acids is 3. The molecule has 0 aromatic heterocycles. The van der Waals surface area contributed by atoms with Crippen LogP contribution in [0, 0.1) is 49.4 Å². The van der Waals surface area contributed by atoms with Crippen LogP contribution >= 0.6 is 0 Å². The third kappa shape index (κ3) is 51.9. The summed E-state index contributed by atoms with van der Waals surface area (Å²) in [5.41, 5.74) is 0. The van der Waals surface area contributed by atoms with Crippen molar-refractivity contribution in [2.24, 2.45) is 0 Å². The SMILES string of the molecule is C/C=C/C=C/C(=O)[O-].C/C=C/C=C/C(=O)[O-].C/C=C/C=C/C(=O)[O-].[Eu+3]. The molecule has 0 fully saturated rings. The van der Waals surface area contributed by atoms with E-state index in [-0.39, 0.29) is 49.4 Å². The van der Waals surface area contributed by atoms with Gasteiger partial charge in [-0.3, -0.25) is 0 Å². The molecule has 0 N–H and O–H groups in total. The molecule has 0 aliphatic heterocycles. The number of carboxylic acids is 3. The molecule has 0 saturated carbocycles. The topological polar surface area (TPSA) is 120 Å². The first kappa shape index (κ1) is 31.2. The average Bonchev–Trinajstić information content (AvgIpc) is 2.48. The molecule has 136 valence electrons. The molecule has 0 spiro atoms. The summed E-state index contributed by atoms with van der Waals surface area (Å²) in [6.45, 7) is 5.42. The molecule has 0 amide bonds. The van der Waals surface area contributed by atoms with Gasteiger partial charge in [0.25, 0.3) is 0 Å². The molecule has 7 heteroatoms. The Bertz CT molecular complexity index is 450. The maximum absolute atomic E-state index is 9.64. The minimum Gasteiger partial charge on any atom is -0.545 e. The summed E-state index contributed by atoms with van der Waals surface area (Å²) in [5.74, 6) is -3.49. The number of rotatable bonds is 6. The Labute approximate surface area is 189 Å². The monoisotopic (exact) mass is 486 g/mol. The van der Waals surface area contributed by atoms with E-state index in [1.54, 1.807) is 57.2 Å². The molecule has 0 radical (unpaired) electrons. The number of hydrogen-bond donors (Lipinski definition) is 0. The van der Waals surface area contributed by atoms with Crippen LogP contribution < -0.4 is 15.3 Å². The van der Waals surface area contributed by atoms with Gasteiger partial charge in [0.1, 0.15) is 0 Å². The van der Waals surface area contributed by atoms with Crippen molar-refractivity contribution in [2.45, 2.75) is 20.8 Å². The fourth-order valence-corrected chi connectivity index (χ4v) is 0.736. The summed E-state index contributed by atoms with van der Waals surface area (Å²) in [5, 5.41) is 28.9. The van der Waals surface area contributed by atoms with Crippen LogP contribution in [-0.4, -0.2) is 17.9 Å². The van der Waals surface area contributed by atoms with Gasteiger partial charge in [-0.15, -0.1) is 0 Å². The summed E-state index contributed by atoms with van der Waals surface area (Å²) in [7, 11) is 0. The van der Waals surface area contributed by atoms with Crippen molar-refractivity contribution in [1.82, 2.24) is 0 Å². The number of aliphatic carboxylic acids is 3. The van der Waals surface area contributed by atoms with E-state index >= 15 is 0 Å². The van der Waals surface area contributed by atoms with Crippen LogP contribution in [0.25, 0.3) is 0 Å². The van der Waals surface area contributed by atoms with Gasteiger partial charge in [-0.05, 0) is 39.0 Å². The van der Waals surface area contributed by atoms with E-state index in [2.05, 4.69) is 0 Å². The van der Waals surface area contributed by atoms with Crippen LogP contribution in [0.1, 0.15) is 20.8 Å². The van der Waals surface area contributed by atoms with Gasteiger partial charge in [0, 0.05) is 0 Å². The van der Waals surface area contributed by atoms with Crippen molar-refractivity contribution in [3.05, 3.63) is 72.9 Å². The molecule has 0 aromatic carbocycles. The molecule has 0 saturated heterocycles. The van der Waals surface area contributed by atoms with E-state index < -0.39 is 17.9 Å². The Kier molecular flexibility index (Phi) is 34.1. The molecule has 0 unspecified atom stereocenters. The predicted molar refractivity (Wildman–Crippen MR) is 86.9 cm³/mol. The van der Waals surface area contributed by atoms with Crippen LogP contribution in [0.5, 0.6) is 0 Å². The first-order chi connectivity index (χ1) is 11.3. The fraction of sp³-hybridized carbons (Fsp3) is 0.167. The van der Waals surface area contributed by atoms with Crippen molar-refractivity contribution >= 4 is 17.9 Å². The normalized spacial score (nSPS) is 10.7. The van der Waals surface area contributed by atoms with E-state index in [9.17, 15) is 29.7 Å². The Hall–Kier alpha value is -1.57. The molecule has 0 rings (SSSR count). The van der Waals surface area contributed by atoms with Crippen LogP contribution in [0.15, 0.2) is 72.9 Å². The second-order valence-electron chi connectivity index (χ2n) is 3.61. The maximum atomic E-state index is 9.64. The van der Waals surface area contributed by atoms with Gasteiger partial charge in [-0.1, -0.05) is 54.7 Å². The van der Waals surface area contributed by atoms with Gasteiger partial charge in [-0.25, -0.2) is 0 Å². The maximum Gasteiger partial charge on any atom is 3.00 e. The second-order valence-corrected chi connectivity index (χ2v) is 3.61. The number of carbonyl (C=O) groups is 3. The van der Waals surface area contributed by atoms with Crippen molar-refractivity contribution in [2.75, 3.05) is 0 Å². The molecule has 25 heavy (non-hydrogen) atoms. The molecule has 0 atom stereocenters. The summed E-state index contributed by atoms with van der Waals surface area (Å²) < 4.78 is 0. The van der Waals surface area contributed by atoms with Gasteiger partial charge >= 0.3 is 49.4 Å². The Morgan fingerprint density at radius 2 is 0.720 bits per heavy atom. The van der Waals surface area contributed by atoms with Crippen LogP contribution in [0.3, 0.4) is 0 Å². The zero-order valence-electron chi connectivity index (χ0n) is 14.3. The van der Waals surface area contributed by atoms with Gasteiger partial charge < -0.3 is 29.7 Å². The molecule has 0 heterocycles. The number of allylic oxidation sites excluding steroid dienone is 9. The molecular formula is C18H21EuO6. The zero-order chi connectivity index (χ0) is 19.2. The predicted octanol–water partition coefficient (Wildman–Crippen LogP) is -0.394. The van der Waals surface area contributed by atoms with Gasteiger partial charge in [0.05, 0.1) is 17.9 Å². The second kappa shape index (κ2) is 27.3. The Morgan fingerprint density at radius 1 is 0.520 bits per heavy atom. The first-order valence-electron chi connectivity index (χ1n) is 6.82. The molecule has 0 aromatic rings. The summed E-state index contributed by atoms with van der Waals surface area (Å²) in [6.07, 6.45) is 17.2. The third-order valence-corrected chi connectivity index (χ3v) is 1.61. The average molecular weight is 485 g/mol. The summed E-state index contributed by atoms with van der Waals surface area (Å²) in [4.78, 5) is 28.9. The fourth-order valence-electron chi connectivity index (χ4n) is 0.736. The van der Waals surface area contributed by atoms with E-state index in [1.807, 2.05) is 0 Å². The molecular weight excluding hydrogens is 464 g/mol. The van der Waals surface area contributed by atoms with Gasteiger partial charge in [-0.2, -0.15) is 0 Å². The van der Waals surface area contributed by atoms with Crippen LogP contribution in [0.4, 0.5) is 0 Å². The zero-order valence-corrected chi connectivity index (χ0v) is 16.7. The summed E-state index contributed by atoms with van der Waals surface area (Å²) >= 11 is 0. The molecule has 0 aliphatic rings. The number of carboxylic acid groups (broad SMARTS) is 3. The van der Waals surface area contributed by atoms with Gasteiger partial charge in [0.15, 0.2) is 0 Å². The van der Waals surface area contributed by atoms with E-state index in [0.29, 0.717) is 0 Å². The number of hydrogen-bond acceptors (Lipinski definition) is 6. The van der Waals surface area contributed by atoms with Gasteiger partial charge in [0.2, 0.25) is 0 Å². The van der Waals surface area contributed by atoms with Crippen molar-refractivity contribution < 1.29 is 79.1 Å². The first-order valence-corrected chi connectivity index (χ1v) is 6.82. The van der Waals surface area contributed by atoms with E-state index in [1.165, 1.54) is 18.2 Å². The van der Waals surface area contributed by atoms with Crippen molar-refractivity contribution in [1.29, 1.82) is 0 Å². The smallest absolute Gasteiger partial charge is 0.545 e. The molecule has 6 nitrogen and oxygen atoms in total. The van der Waals surface area contributed by atoms with Crippen LogP contribution in [0.2, 0.25) is 0 Å². The summed E-state index contributed by atoms with van der Waals surface area (Å²) in [6, 6.07) is 0. The van der Waals surface area contributed by atoms with E-state index in [4.69, 9.17) is 0 Å². The largest absolute Gasteiger partial charge is 3.00 e. The molecule has 0 aliphatic carbocycles. The van der Waals surface area contributed by atoms with Crippen LogP contribution in [-0.2, 0) is 14.4 Å². The minimum atomic E-state index is -1.16.